The SMILES string of the molecule is CCc1cc2ncc(CN3CCN(c4ccc(C(=O)NC5CCN(CC6CCN(C(=O)[C@H](NC(=O)OC(C)(C)C)C7CCCCC7)CC6)CC5)nc4)CC3)cc2[nH]c1=O. The van der Waals surface area contributed by atoms with Crippen LogP contribution in [0.3, 0.4) is 0 Å². The second-order valence-corrected chi connectivity index (χ2v) is 18.3. The van der Waals surface area contributed by atoms with Crippen LogP contribution in [0.1, 0.15) is 107 Å². The monoisotopic (exact) mass is 812 g/mol. The summed E-state index contributed by atoms with van der Waals surface area (Å²) < 4.78 is 5.54. The highest BCUT2D eigenvalue weighted by Crippen LogP contribution is 2.29. The van der Waals surface area contributed by atoms with Crippen molar-refractivity contribution in [1.82, 2.24) is 40.3 Å². The Morgan fingerprint density at radius 2 is 1.59 bits per heavy atom. The second-order valence-electron chi connectivity index (χ2n) is 18.3. The highest BCUT2D eigenvalue weighted by Gasteiger charge is 2.37. The molecular weight excluding hydrogens is 747 g/mol. The number of nitrogens with one attached hydrogen (secondary N) is 3. The maximum absolute atomic E-state index is 13.8. The van der Waals surface area contributed by atoms with Gasteiger partial charge < -0.3 is 35.1 Å². The number of carbonyl (C=O) groups excluding carboxylic acids is 3. The molecule has 7 rings (SSSR count). The summed E-state index contributed by atoms with van der Waals surface area (Å²) in [6.45, 7) is 16.1. The minimum absolute atomic E-state index is 0.0403. The quantitative estimate of drug-likeness (QED) is 0.238. The molecule has 4 fully saturated rings. The van der Waals surface area contributed by atoms with Crippen molar-refractivity contribution in [3.05, 3.63) is 63.8 Å². The molecule has 3 saturated heterocycles. The van der Waals surface area contributed by atoms with E-state index in [2.05, 4.69) is 40.3 Å². The van der Waals surface area contributed by atoms with Crippen molar-refractivity contribution >= 4 is 34.6 Å². The fraction of sp³-hybridized carbons (Fsp3) is 0.644. The predicted molar refractivity (Wildman–Crippen MR) is 229 cm³/mol. The molecule has 1 aliphatic carbocycles. The highest BCUT2D eigenvalue weighted by atomic mass is 16.6. The summed E-state index contributed by atoms with van der Waals surface area (Å²) in [6.07, 6.45) is 12.9. The second kappa shape index (κ2) is 19.2. The molecule has 1 atom stereocenters. The summed E-state index contributed by atoms with van der Waals surface area (Å²) in [5, 5.41) is 6.20. The normalized spacial score (nSPS) is 20.1. The Hall–Kier alpha value is -4.56. The van der Waals surface area contributed by atoms with E-state index in [1.807, 2.05) is 69.3 Å². The number of hydrogen-bond donors (Lipinski definition) is 3. The minimum Gasteiger partial charge on any atom is -0.444 e. The molecule has 3 aromatic heterocycles. The molecular formula is C45H65N9O5. The zero-order valence-corrected chi connectivity index (χ0v) is 35.6. The topological polar surface area (TPSA) is 156 Å². The van der Waals surface area contributed by atoms with Crippen molar-refractivity contribution in [3.8, 4) is 0 Å². The van der Waals surface area contributed by atoms with Crippen molar-refractivity contribution in [2.24, 2.45) is 11.8 Å². The number of aryl methyl sites for hydroxylation is 1. The van der Waals surface area contributed by atoms with E-state index in [4.69, 9.17) is 4.74 Å². The molecule has 3 amide bonds. The Morgan fingerprint density at radius 1 is 0.864 bits per heavy atom. The average molecular weight is 812 g/mol. The number of alkyl carbamates (subject to hydrolysis) is 1. The van der Waals surface area contributed by atoms with Crippen LogP contribution in [-0.4, -0.2) is 124 Å². The van der Waals surface area contributed by atoms with Gasteiger partial charge in [-0.25, -0.2) is 9.78 Å². The van der Waals surface area contributed by atoms with Gasteiger partial charge in [0.15, 0.2) is 0 Å². The molecule has 3 aromatic rings. The van der Waals surface area contributed by atoms with Gasteiger partial charge in [0, 0.05) is 83.2 Å². The lowest BCUT2D eigenvalue weighted by molar-refractivity contribution is -0.136. The van der Waals surface area contributed by atoms with Gasteiger partial charge in [-0.1, -0.05) is 26.2 Å². The van der Waals surface area contributed by atoms with Crippen molar-refractivity contribution in [3.63, 3.8) is 0 Å². The molecule has 0 spiro atoms. The van der Waals surface area contributed by atoms with Crippen LogP contribution in [0.25, 0.3) is 11.0 Å². The van der Waals surface area contributed by atoms with Crippen molar-refractivity contribution < 1.29 is 19.1 Å². The van der Waals surface area contributed by atoms with E-state index in [0.717, 1.165) is 132 Å². The van der Waals surface area contributed by atoms with E-state index in [0.29, 0.717) is 31.1 Å². The van der Waals surface area contributed by atoms with E-state index in [1.165, 1.54) is 6.42 Å². The van der Waals surface area contributed by atoms with Crippen LogP contribution in [0, 0.1) is 11.8 Å². The van der Waals surface area contributed by atoms with Crippen LogP contribution in [0.5, 0.6) is 0 Å². The molecule has 14 nitrogen and oxygen atoms in total. The summed E-state index contributed by atoms with van der Waals surface area (Å²) in [7, 11) is 0. The van der Waals surface area contributed by atoms with E-state index in [9.17, 15) is 19.2 Å². The number of fused-ring (bicyclic) bond motifs is 1. The zero-order valence-electron chi connectivity index (χ0n) is 35.6. The number of carbonyl (C=O) groups is 3. The molecule has 4 aliphatic rings. The smallest absolute Gasteiger partial charge is 0.408 e. The molecule has 0 bridgehead atoms. The molecule has 0 unspecified atom stereocenters. The Morgan fingerprint density at radius 3 is 2.25 bits per heavy atom. The molecule has 0 radical (unpaired) electrons. The van der Waals surface area contributed by atoms with Crippen LogP contribution in [0.2, 0.25) is 0 Å². The van der Waals surface area contributed by atoms with Crippen molar-refractivity contribution in [1.29, 1.82) is 0 Å². The largest absolute Gasteiger partial charge is 0.444 e. The van der Waals surface area contributed by atoms with Gasteiger partial charge in [0.05, 0.1) is 22.9 Å². The third kappa shape index (κ3) is 11.4. The van der Waals surface area contributed by atoms with Gasteiger partial charge in [0.25, 0.3) is 11.5 Å². The molecule has 59 heavy (non-hydrogen) atoms. The Labute approximate surface area is 348 Å². The summed E-state index contributed by atoms with van der Waals surface area (Å²) in [5.74, 6) is 0.592. The van der Waals surface area contributed by atoms with Gasteiger partial charge >= 0.3 is 6.09 Å². The fourth-order valence-electron chi connectivity index (χ4n) is 9.35. The molecule has 3 aliphatic heterocycles. The van der Waals surface area contributed by atoms with Gasteiger partial charge in [0.2, 0.25) is 5.91 Å². The first-order valence-corrected chi connectivity index (χ1v) is 22.2. The summed E-state index contributed by atoms with van der Waals surface area (Å²) >= 11 is 0. The Balaban J connectivity index is 0.808. The predicted octanol–water partition coefficient (Wildman–Crippen LogP) is 5.11. The van der Waals surface area contributed by atoms with Gasteiger partial charge in [-0.15, -0.1) is 0 Å². The first-order valence-electron chi connectivity index (χ1n) is 22.2. The van der Waals surface area contributed by atoms with Gasteiger partial charge in [-0.3, -0.25) is 24.3 Å². The zero-order chi connectivity index (χ0) is 41.5. The number of likely N-dealkylation sites (tertiary alicyclic amines) is 2. The van der Waals surface area contributed by atoms with Crippen LogP contribution in [0.15, 0.2) is 41.5 Å². The average Bonchev–Trinajstić information content (AvgIpc) is 3.23. The fourth-order valence-corrected chi connectivity index (χ4v) is 9.35. The molecule has 1 saturated carbocycles. The Bertz CT molecular complexity index is 1950. The first-order chi connectivity index (χ1) is 28.4. The van der Waals surface area contributed by atoms with Crippen LogP contribution < -0.4 is 21.1 Å². The third-order valence-corrected chi connectivity index (χ3v) is 12.8. The number of pyridine rings is 3. The standard InChI is InChI=1S/C45H65N9O5/c1-5-33-26-38-39(49-41(33)55)25-32(27-46-38)30-52-21-23-53(24-22-52)36-11-12-37(47-28-36)42(56)48-35-15-17-51(18-16-35)29-31-13-19-54(20-14-31)43(57)40(34-9-7-6-8-10-34)50-44(58)59-45(2,3)4/h11-12,25-28,31,34-35,40H,5-10,13-24,29-30H2,1-4H3,(H,48,56)(H,49,55)(H,50,58)/t40-/m1/s1. The number of aromatic amines is 1. The maximum Gasteiger partial charge on any atom is 0.408 e. The van der Waals surface area contributed by atoms with E-state index in [1.54, 1.807) is 0 Å². The number of piperidine rings is 2. The summed E-state index contributed by atoms with van der Waals surface area (Å²) in [6, 6.07) is 7.34. The lowest BCUT2D eigenvalue weighted by atomic mass is 9.83. The lowest BCUT2D eigenvalue weighted by Gasteiger charge is -2.40. The van der Waals surface area contributed by atoms with E-state index in [-0.39, 0.29) is 29.3 Å². The molecule has 320 valence electrons. The van der Waals surface area contributed by atoms with Crippen molar-refractivity contribution in [2.75, 3.05) is 63.8 Å². The number of piperazine rings is 1. The number of H-pyrrole nitrogens is 1. The van der Waals surface area contributed by atoms with Crippen LogP contribution in [0.4, 0.5) is 10.5 Å². The number of nitrogens with zero attached hydrogens (tertiary/aromatic N) is 6. The van der Waals surface area contributed by atoms with E-state index < -0.39 is 17.7 Å². The third-order valence-electron chi connectivity index (χ3n) is 12.8. The molecule has 3 N–H and O–H groups in total. The maximum atomic E-state index is 13.8. The van der Waals surface area contributed by atoms with E-state index >= 15 is 0 Å². The number of ether oxygens (including phenoxy) is 1. The number of rotatable bonds is 11. The number of anilines is 1. The van der Waals surface area contributed by atoms with Crippen LogP contribution in [-0.2, 0) is 22.5 Å². The Kier molecular flexibility index (Phi) is 13.9. The van der Waals surface area contributed by atoms with Gasteiger partial charge in [-0.2, -0.15) is 0 Å². The molecule has 0 aromatic carbocycles. The first kappa shape index (κ1) is 42.6. The van der Waals surface area contributed by atoms with Gasteiger partial charge in [0.1, 0.15) is 17.3 Å². The number of aromatic nitrogens is 3. The van der Waals surface area contributed by atoms with Crippen LogP contribution >= 0.6 is 0 Å². The number of hydrogen-bond acceptors (Lipinski definition) is 10. The summed E-state index contributed by atoms with van der Waals surface area (Å²) in [5.41, 5.74) is 4.22. The lowest BCUT2D eigenvalue weighted by Crippen LogP contribution is -2.55. The molecule has 14 heteroatoms. The number of amides is 3. The van der Waals surface area contributed by atoms with Gasteiger partial charge in [-0.05, 0) is 107 Å². The molecule has 6 heterocycles. The summed E-state index contributed by atoms with van der Waals surface area (Å²) in [4.78, 5) is 73.4. The minimum atomic E-state index is -0.615. The highest BCUT2D eigenvalue weighted by molar-refractivity contribution is 5.92. The van der Waals surface area contributed by atoms with Crippen molar-refractivity contribution in [2.45, 2.75) is 116 Å².